The predicted octanol–water partition coefficient (Wildman–Crippen LogP) is 6.32. The molecule has 6 heteroatoms. The van der Waals surface area contributed by atoms with Gasteiger partial charge in [0, 0.05) is 15.7 Å². The zero-order valence-corrected chi connectivity index (χ0v) is 18.8. The standard InChI is InChI=1S/C25H20Cl2N2O2/c1-14-5-4-6-21(16(14)3)29-24(30)22(17-8-10-18(26)11-9-17)23(25(29)31)28-19-12-7-15(2)20(27)13-19/h4-13,28H,1-3H3. The van der Waals surface area contributed by atoms with E-state index in [-0.39, 0.29) is 11.6 Å². The molecule has 4 rings (SSSR count). The first-order valence-electron chi connectivity index (χ1n) is 9.76. The number of hydrogen-bond donors (Lipinski definition) is 1. The van der Waals surface area contributed by atoms with Crippen LogP contribution < -0.4 is 10.2 Å². The Bertz CT molecular complexity index is 1250. The van der Waals surface area contributed by atoms with E-state index in [1.165, 1.54) is 4.90 Å². The number of anilines is 2. The number of benzene rings is 3. The second kappa shape index (κ2) is 8.22. The number of carbonyl (C=O) groups is 2. The lowest BCUT2D eigenvalue weighted by Crippen LogP contribution is -2.33. The number of nitrogens with one attached hydrogen (secondary N) is 1. The average Bonchev–Trinajstić information content (AvgIpc) is 2.97. The average molecular weight is 451 g/mol. The third-order valence-electron chi connectivity index (χ3n) is 5.47. The van der Waals surface area contributed by atoms with Crippen LogP contribution in [-0.4, -0.2) is 11.8 Å². The van der Waals surface area contributed by atoms with Crippen LogP contribution in [0, 0.1) is 20.8 Å². The normalized spacial score (nSPS) is 13.9. The molecule has 0 bridgehead atoms. The van der Waals surface area contributed by atoms with Crippen molar-refractivity contribution in [2.24, 2.45) is 0 Å². The maximum Gasteiger partial charge on any atom is 0.282 e. The molecule has 4 nitrogen and oxygen atoms in total. The molecule has 0 spiro atoms. The number of rotatable bonds is 4. The van der Waals surface area contributed by atoms with E-state index in [1.54, 1.807) is 36.4 Å². The van der Waals surface area contributed by atoms with Gasteiger partial charge in [-0.2, -0.15) is 0 Å². The number of halogens is 2. The van der Waals surface area contributed by atoms with E-state index in [0.29, 0.717) is 32.6 Å². The smallest absolute Gasteiger partial charge is 0.282 e. The highest BCUT2D eigenvalue weighted by atomic mass is 35.5. The van der Waals surface area contributed by atoms with Crippen LogP contribution in [0.5, 0.6) is 0 Å². The number of imide groups is 1. The molecular formula is C25H20Cl2N2O2. The second-order valence-electron chi connectivity index (χ2n) is 7.51. The Balaban J connectivity index is 1.85. The summed E-state index contributed by atoms with van der Waals surface area (Å²) in [6.07, 6.45) is 0. The zero-order chi connectivity index (χ0) is 22.3. The molecule has 0 saturated carbocycles. The third kappa shape index (κ3) is 3.85. The molecule has 3 aromatic carbocycles. The van der Waals surface area contributed by atoms with E-state index in [4.69, 9.17) is 23.2 Å². The van der Waals surface area contributed by atoms with Crippen LogP contribution in [0.25, 0.3) is 5.57 Å². The second-order valence-corrected chi connectivity index (χ2v) is 8.35. The van der Waals surface area contributed by atoms with E-state index in [2.05, 4.69) is 5.32 Å². The molecule has 1 heterocycles. The Morgan fingerprint density at radius 3 is 2.19 bits per heavy atom. The van der Waals surface area contributed by atoms with Gasteiger partial charge in [0.1, 0.15) is 5.70 Å². The fourth-order valence-corrected chi connectivity index (χ4v) is 3.85. The fraction of sp³-hybridized carbons (Fsp3) is 0.120. The van der Waals surface area contributed by atoms with Crippen LogP contribution in [0.2, 0.25) is 10.0 Å². The molecule has 1 aliphatic heterocycles. The van der Waals surface area contributed by atoms with Gasteiger partial charge in [0.15, 0.2) is 0 Å². The van der Waals surface area contributed by atoms with E-state index >= 15 is 0 Å². The van der Waals surface area contributed by atoms with Crippen molar-refractivity contribution in [2.75, 3.05) is 10.2 Å². The van der Waals surface area contributed by atoms with Gasteiger partial charge in [0.2, 0.25) is 0 Å². The minimum Gasteiger partial charge on any atom is -0.350 e. The Labute approximate surface area is 191 Å². The van der Waals surface area contributed by atoms with E-state index in [1.807, 2.05) is 45.0 Å². The number of hydrogen-bond acceptors (Lipinski definition) is 3. The molecule has 31 heavy (non-hydrogen) atoms. The minimum atomic E-state index is -0.416. The largest absolute Gasteiger partial charge is 0.350 e. The lowest BCUT2D eigenvalue weighted by molar-refractivity contribution is -0.120. The summed E-state index contributed by atoms with van der Waals surface area (Å²) < 4.78 is 0. The van der Waals surface area contributed by atoms with Gasteiger partial charge in [0.05, 0.1) is 11.3 Å². The van der Waals surface area contributed by atoms with Crippen LogP contribution in [-0.2, 0) is 9.59 Å². The van der Waals surface area contributed by atoms with Crippen LogP contribution >= 0.6 is 23.2 Å². The van der Waals surface area contributed by atoms with Gasteiger partial charge in [0.25, 0.3) is 11.8 Å². The van der Waals surface area contributed by atoms with Crippen molar-refractivity contribution in [1.82, 2.24) is 0 Å². The highest BCUT2D eigenvalue weighted by Crippen LogP contribution is 2.36. The van der Waals surface area contributed by atoms with Crippen molar-refractivity contribution < 1.29 is 9.59 Å². The molecule has 0 atom stereocenters. The van der Waals surface area contributed by atoms with Gasteiger partial charge >= 0.3 is 0 Å². The molecule has 1 N–H and O–H groups in total. The molecule has 2 amide bonds. The molecule has 0 fully saturated rings. The molecule has 0 unspecified atom stereocenters. The minimum absolute atomic E-state index is 0.202. The highest BCUT2D eigenvalue weighted by Gasteiger charge is 2.41. The SMILES string of the molecule is Cc1ccc(NC2=C(c3ccc(Cl)cc3)C(=O)N(c3cccc(C)c3C)C2=O)cc1Cl. The van der Waals surface area contributed by atoms with E-state index < -0.39 is 5.91 Å². The van der Waals surface area contributed by atoms with E-state index in [0.717, 1.165) is 16.7 Å². The summed E-state index contributed by atoms with van der Waals surface area (Å²) in [4.78, 5) is 28.3. The lowest BCUT2D eigenvalue weighted by Gasteiger charge is -2.19. The maximum atomic E-state index is 13.5. The van der Waals surface area contributed by atoms with Crippen LogP contribution in [0.4, 0.5) is 11.4 Å². The topological polar surface area (TPSA) is 49.4 Å². The highest BCUT2D eigenvalue weighted by molar-refractivity contribution is 6.46. The molecule has 3 aromatic rings. The zero-order valence-electron chi connectivity index (χ0n) is 17.3. The summed E-state index contributed by atoms with van der Waals surface area (Å²) in [5, 5.41) is 4.26. The molecule has 156 valence electrons. The van der Waals surface area contributed by atoms with Gasteiger partial charge in [-0.3, -0.25) is 9.59 Å². The monoisotopic (exact) mass is 450 g/mol. The lowest BCUT2D eigenvalue weighted by atomic mass is 10.0. The van der Waals surface area contributed by atoms with E-state index in [9.17, 15) is 9.59 Å². The van der Waals surface area contributed by atoms with Crippen molar-refractivity contribution in [2.45, 2.75) is 20.8 Å². The summed E-state index contributed by atoms with van der Waals surface area (Å²) in [7, 11) is 0. The maximum absolute atomic E-state index is 13.5. The summed E-state index contributed by atoms with van der Waals surface area (Å²) in [6, 6.07) is 17.9. The molecule has 0 saturated heterocycles. The first-order chi connectivity index (χ1) is 14.8. The number of carbonyl (C=O) groups excluding carboxylic acids is 2. The van der Waals surface area contributed by atoms with Crippen LogP contribution in [0.1, 0.15) is 22.3 Å². The van der Waals surface area contributed by atoms with Crippen LogP contribution in [0.15, 0.2) is 66.4 Å². The number of aryl methyl sites for hydroxylation is 2. The first-order valence-corrected chi connectivity index (χ1v) is 10.5. The van der Waals surface area contributed by atoms with Crippen molar-refractivity contribution in [3.63, 3.8) is 0 Å². The fourth-order valence-electron chi connectivity index (χ4n) is 3.54. The van der Waals surface area contributed by atoms with Crippen molar-refractivity contribution in [1.29, 1.82) is 0 Å². The van der Waals surface area contributed by atoms with Crippen molar-refractivity contribution >= 4 is 52.0 Å². The molecule has 1 aliphatic rings. The quantitative estimate of drug-likeness (QED) is 0.473. The molecule has 0 aromatic heterocycles. The van der Waals surface area contributed by atoms with Crippen LogP contribution in [0.3, 0.4) is 0 Å². The Morgan fingerprint density at radius 2 is 1.52 bits per heavy atom. The van der Waals surface area contributed by atoms with Gasteiger partial charge in [-0.15, -0.1) is 0 Å². The van der Waals surface area contributed by atoms with Gasteiger partial charge in [-0.25, -0.2) is 4.90 Å². The number of amides is 2. The first kappa shape index (κ1) is 21.2. The summed E-state index contributed by atoms with van der Waals surface area (Å²) in [5.74, 6) is -0.804. The summed E-state index contributed by atoms with van der Waals surface area (Å²) in [6.45, 7) is 5.75. The Hall–Kier alpha value is -3.08. The molecule has 0 aliphatic carbocycles. The number of nitrogens with zero attached hydrogens (tertiary/aromatic N) is 1. The van der Waals surface area contributed by atoms with Crippen molar-refractivity contribution in [3.8, 4) is 0 Å². The Morgan fingerprint density at radius 1 is 0.806 bits per heavy atom. The van der Waals surface area contributed by atoms with Gasteiger partial charge in [-0.1, -0.05) is 53.5 Å². The summed E-state index contributed by atoms with van der Waals surface area (Å²) >= 11 is 12.3. The Kier molecular flexibility index (Phi) is 5.61. The third-order valence-corrected chi connectivity index (χ3v) is 6.13. The van der Waals surface area contributed by atoms with Gasteiger partial charge in [-0.05, 0) is 73.4 Å². The molecular weight excluding hydrogens is 431 g/mol. The van der Waals surface area contributed by atoms with Crippen molar-refractivity contribution in [3.05, 3.63) is 98.7 Å². The summed E-state index contributed by atoms with van der Waals surface area (Å²) in [5.41, 5.74) is 5.09. The predicted molar refractivity (Wildman–Crippen MR) is 127 cm³/mol. The molecule has 0 radical (unpaired) electrons. The van der Waals surface area contributed by atoms with Gasteiger partial charge < -0.3 is 5.32 Å².